The number of hydrogen-bond donors (Lipinski definition) is 2. The van der Waals surface area contributed by atoms with E-state index in [0.717, 1.165) is 44.2 Å². The number of aromatic amines is 1. The summed E-state index contributed by atoms with van der Waals surface area (Å²) in [5, 5.41) is 7.41. The number of nitrogens with zero attached hydrogens (tertiary/aromatic N) is 3. The van der Waals surface area contributed by atoms with Crippen LogP contribution in [0.25, 0.3) is 21.5 Å². The maximum atomic E-state index is 13.7. The number of benzene rings is 4. The molecule has 4 heterocycles. The number of carbonyl (C=O) groups excluding carboxylic acids is 1. The van der Waals surface area contributed by atoms with Gasteiger partial charge in [0.25, 0.3) is 29.0 Å². The molecular formula is C49H50N5O14P3-2. The summed E-state index contributed by atoms with van der Waals surface area (Å²) in [4.78, 5) is 78.6. The summed E-state index contributed by atoms with van der Waals surface area (Å²) in [6.45, 7) is 7.80. The van der Waals surface area contributed by atoms with E-state index in [-0.39, 0.29) is 42.8 Å². The zero-order valence-electron chi connectivity index (χ0n) is 39.5. The smallest absolute Gasteiger partial charge is 0.330 e. The molecule has 0 aliphatic carbocycles. The van der Waals surface area contributed by atoms with Gasteiger partial charge < -0.3 is 38.7 Å². The Morgan fingerprint density at radius 3 is 2.24 bits per heavy atom. The predicted molar refractivity (Wildman–Crippen MR) is 261 cm³/mol. The van der Waals surface area contributed by atoms with Crippen LogP contribution in [0.2, 0.25) is 0 Å². The zero-order chi connectivity index (χ0) is 51.1. The molecule has 5 atom stereocenters. The van der Waals surface area contributed by atoms with Crippen molar-refractivity contribution in [1.29, 1.82) is 0 Å². The largest absolute Gasteiger partial charge is 0.756 e. The molecule has 8 rings (SSSR count). The Hall–Kier alpha value is -5.83. The summed E-state index contributed by atoms with van der Waals surface area (Å²) in [5.74, 6) is 5.11. The first-order valence-corrected chi connectivity index (χ1v) is 26.7. The lowest BCUT2D eigenvalue weighted by atomic mass is 9.79. The standard InChI is InChI=1S/C49H52N5O14P3/c1-48(2)40(52(5)38-25-22-32-15-10-12-18-36(32)44(38)48)20-8-7-9-21-41-49(3,4)45-37-19-13-11-16-33(37)23-26-39(45)53(41)30-42(55)50-28-14-17-34-29-54(47(57)51-46(34)56)43-27-24-35(66-43)31-65-70(60,61)68-71(62,63)67-69(58,59)64-6/h7-13,15-16,18-23,25-26,29,35,43H,24,27-28,30-31H2,1-6H3,(H4-,50,51,55,56,57,58,59,60,61,62,63)/p-2/t35-,43+/m0/s1. The van der Waals surface area contributed by atoms with E-state index < -0.39 is 59.1 Å². The van der Waals surface area contributed by atoms with Crippen LogP contribution >= 0.6 is 23.5 Å². The highest BCUT2D eigenvalue weighted by molar-refractivity contribution is 7.65. The first-order valence-electron chi connectivity index (χ1n) is 22.3. The van der Waals surface area contributed by atoms with Crippen molar-refractivity contribution in [2.45, 2.75) is 63.7 Å². The maximum absolute atomic E-state index is 13.7. The van der Waals surface area contributed by atoms with Crippen LogP contribution in [0.5, 0.6) is 0 Å². The van der Waals surface area contributed by atoms with Gasteiger partial charge in [-0.1, -0.05) is 98.5 Å². The Kier molecular flexibility index (Phi) is 14.5. The number of carbonyl (C=O) groups is 1. The molecule has 2 N–H and O–H groups in total. The van der Waals surface area contributed by atoms with Crippen molar-refractivity contribution in [3.05, 3.63) is 153 Å². The number of ether oxygens (including phenoxy) is 1. The second kappa shape index (κ2) is 20.0. The van der Waals surface area contributed by atoms with Gasteiger partial charge in [0.2, 0.25) is 11.6 Å². The Bertz CT molecular complexity index is 3440. The Morgan fingerprint density at radius 1 is 0.873 bits per heavy atom. The van der Waals surface area contributed by atoms with E-state index >= 15 is 0 Å². The van der Waals surface area contributed by atoms with Crippen LogP contribution in [0.1, 0.15) is 63.5 Å². The van der Waals surface area contributed by atoms with Crippen LogP contribution in [-0.4, -0.2) is 65.7 Å². The molecule has 372 valence electrons. The van der Waals surface area contributed by atoms with Crippen molar-refractivity contribution < 1.29 is 60.2 Å². The minimum atomic E-state index is -5.98. The van der Waals surface area contributed by atoms with Gasteiger partial charge in [-0.3, -0.25) is 32.8 Å². The third kappa shape index (κ3) is 10.9. The lowest BCUT2D eigenvalue weighted by Crippen LogP contribution is -2.37. The lowest BCUT2D eigenvalue weighted by Gasteiger charge is -2.33. The first-order chi connectivity index (χ1) is 33.5. The zero-order valence-corrected chi connectivity index (χ0v) is 42.2. The van der Waals surface area contributed by atoms with Gasteiger partial charge in [0.15, 0.2) is 5.71 Å². The average molecular weight is 1030 g/mol. The molecule has 4 aromatic carbocycles. The molecule has 1 fully saturated rings. The maximum Gasteiger partial charge on any atom is 0.330 e. The van der Waals surface area contributed by atoms with E-state index in [2.05, 4.69) is 134 Å². The van der Waals surface area contributed by atoms with E-state index in [0.29, 0.717) is 7.11 Å². The number of anilines is 1. The molecule has 1 aromatic heterocycles. The number of allylic oxidation sites excluding steroid dienone is 6. The molecule has 1 saturated heterocycles. The second-order valence-electron chi connectivity index (χ2n) is 18.0. The van der Waals surface area contributed by atoms with Gasteiger partial charge in [-0.15, -0.1) is 0 Å². The molecule has 3 unspecified atom stereocenters. The number of H-pyrrole nitrogens is 1. The normalized spacial score (nSPS) is 21.3. The van der Waals surface area contributed by atoms with Crippen molar-refractivity contribution in [3.63, 3.8) is 0 Å². The lowest BCUT2D eigenvalue weighted by molar-refractivity contribution is -0.401. The quantitative estimate of drug-likeness (QED) is 0.0561. The van der Waals surface area contributed by atoms with Gasteiger partial charge in [-0.25, -0.2) is 13.4 Å². The van der Waals surface area contributed by atoms with Crippen LogP contribution in [0.15, 0.2) is 125 Å². The van der Waals surface area contributed by atoms with Crippen LogP contribution in [0.4, 0.5) is 11.4 Å². The molecule has 0 bridgehead atoms. The van der Waals surface area contributed by atoms with Crippen LogP contribution < -0.4 is 36.1 Å². The number of phosphoric acid groups is 3. The summed E-state index contributed by atoms with van der Waals surface area (Å²) in [5.41, 5.74) is 4.00. The molecule has 19 nitrogen and oxygen atoms in total. The van der Waals surface area contributed by atoms with Gasteiger partial charge in [-0.05, 0) is 72.0 Å². The molecule has 0 spiro atoms. The van der Waals surface area contributed by atoms with Crippen molar-refractivity contribution in [2.24, 2.45) is 0 Å². The van der Waals surface area contributed by atoms with Gasteiger partial charge in [-0.2, -0.15) is 4.58 Å². The Morgan fingerprint density at radius 2 is 1.54 bits per heavy atom. The molecule has 0 radical (unpaired) electrons. The van der Waals surface area contributed by atoms with E-state index in [4.69, 9.17) is 4.74 Å². The summed E-state index contributed by atoms with van der Waals surface area (Å²) in [7, 11) is -14.4. The number of hydrogen-bond acceptors (Lipinski definition) is 15. The molecule has 1 amide bonds. The number of nitrogens with one attached hydrogen (secondary N) is 2. The Labute approximate surface area is 408 Å². The fourth-order valence-electron chi connectivity index (χ4n) is 9.53. The van der Waals surface area contributed by atoms with Gasteiger partial charge in [0, 0.05) is 47.8 Å². The van der Waals surface area contributed by atoms with Gasteiger partial charge in [0.1, 0.15) is 25.4 Å². The SMILES string of the molecule is COP(=O)([O-])OP(=O)([O-])OP(=O)([O-])OC[C@@H]1CC[C@H](n2cc(C#CCNC(=O)CN3C(=CC=CC=CC4=[N+](C)c5ccc6ccccc6c5C4(C)C)C(C)(C)c4c3ccc3ccccc43)c(=O)[nH]c2=O)O1. The summed E-state index contributed by atoms with van der Waals surface area (Å²) >= 11 is 0. The van der Waals surface area contributed by atoms with Crippen LogP contribution in [0, 0.1) is 11.8 Å². The predicted octanol–water partition coefficient (Wildman–Crippen LogP) is 5.59. The second-order valence-corrected chi connectivity index (χ2v) is 22.6. The third-order valence-electron chi connectivity index (χ3n) is 12.7. The number of fused-ring (bicyclic) bond motifs is 6. The van der Waals surface area contributed by atoms with Crippen molar-refractivity contribution in [1.82, 2.24) is 14.9 Å². The van der Waals surface area contributed by atoms with Gasteiger partial charge in [0.05, 0.1) is 24.7 Å². The summed E-state index contributed by atoms with van der Waals surface area (Å²) < 4.78 is 59.9. The summed E-state index contributed by atoms with van der Waals surface area (Å²) in [6, 6.07) is 25.0. The molecule has 3 aliphatic heterocycles. The first kappa shape index (κ1) is 51.5. The van der Waals surface area contributed by atoms with E-state index in [1.165, 1.54) is 22.0 Å². The monoisotopic (exact) mass is 1030 g/mol. The van der Waals surface area contributed by atoms with Crippen molar-refractivity contribution >= 4 is 68.0 Å². The number of aromatic nitrogens is 2. The fourth-order valence-corrected chi connectivity index (χ4v) is 12.7. The minimum absolute atomic E-state index is 0.0433. The van der Waals surface area contributed by atoms with E-state index in [1.807, 2.05) is 53.5 Å². The molecule has 0 saturated carbocycles. The fraction of sp³-hybridized carbons (Fsp3) is 0.306. The number of amides is 1. The average Bonchev–Trinajstić information content (AvgIpc) is 3.92. The topological polar surface area (TPSA) is 257 Å². The molecule has 3 aliphatic rings. The van der Waals surface area contributed by atoms with Crippen molar-refractivity contribution in [2.75, 3.05) is 38.8 Å². The third-order valence-corrected chi connectivity index (χ3v) is 16.8. The van der Waals surface area contributed by atoms with E-state index in [9.17, 15) is 42.8 Å². The highest BCUT2D eigenvalue weighted by atomic mass is 31.3. The van der Waals surface area contributed by atoms with Crippen LogP contribution in [0.3, 0.4) is 0 Å². The number of phosphoric ester groups is 2. The molecule has 22 heteroatoms. The highest BCUT2D eigenvalue weighted by Gasteiger charge is 2.44. The minimum Gasteiger partial charge on any atom is -0.756 e. The Balaban J connectivity index is 0.938. The summed E-state index contributed by atoms with van der Waals surface area (Å²) in [6.07, 6.45) is 9.55. The highest BCUT2D eigenvalue weighted by Crippen LogP contribution is 2.63. The van der Waals surface area contributed by atoms with Crippen LogP contribution in [-0.2, 0) is 51.7 Å². The molecular weight excluding hydrogens is 975 g/mol. The van der Waals surface area contributed by atoms with E-state index in [1.54, 1.807) is 0 Å². The molecule has 71 heavy (non-hydrogen) atoms. The number of rotatable bonds is 15. The van der Waals surface area contributed by atoms with Gasteiger partial charge >= 0.3 is 5.69 Å². The molecule has 5 aromatic rings. The van der Waals surface area contributed by atoms with Crippen molar-refractivity contribution in [3.8, 4) is 11.8 Å².